The van der Waals surface area contributed by atoms with E-state index >= 15 is 0 Å². The topological polar surface area (TPSA) is 135 Å². The Labute approximate surface area is 159 Å². The van der Waals surface area contributed by atoms with Gasteiger partial charge in [-0.25, -0.2) is 14.3 Å². The van der Waals surface area contributed by atoms with Gasteiger partial charge in [0.2, 0.25) is 0 Å². The van der Waals surface area contributed by atoms with Gasteiger partial charge in [-0.15, -0.1) is 0 Å². The van der Waals surface area contributed by atoms with E-state index in [-0.39, 0.29) is 16.6 Å². The van der Waals surface area contributed by atoms with Crippen molar-refractivity contribution in [2.45, 2.75) is 16.4 Å². The third-order valence-electron chi connectivity index (χ3n) is 3.45. The highest BCUT2D eigenvalue weighted by Crippen LogP contribution is 2.25. The number of hydrazine groups is 1. The van der Waals surface area contributed by atoms with Gasteiger partial charge in [0.05, 0.1) is 11.5 Å². The first kappa shape index (κ1) is 20.5. The second-order valence-electron chi connectivity index (χ2n) is 5.29. The highest BCUT2D eigenvalue weighted by atomic mass is 79.9. The van der Waals surface area contributed by atoms with Crippen LogP contribution in [-0.2, 0) is 26.5 Å². The Morgan fingerprint density at radius 1 is 1.12 bits per heavy atom. The maximum absolute atomic E-state index is 12.7. The standard InChI is InChI=1S/C15H15BrN2O6S2/c1-25(21,22)13-4-2-3-5-14(13)26(23,24)18(17)15(20)10-6-7-12(16)11(8-10)9-19/h2-8,19H,9,17H2,1H3. The smallest absolute Gasteiger partial charge is 0.282 e. The van der Waals surface area contributed by atoms with Gasteiger partial charge >= 0.3 is 0 Å². The lowest BCUT2D eigenvalue weighted by atomic mass is 10.1. The van der Waals surface area contributed by atoms with E-state index in [0.29, 0.717) is 10.0 Å². The lowest BCUT2D eigenvalue weighted by molar-refractivity contribution is 0.0861. The number of carbonyl (C=O) groups excluding carboxylic acids is 1. The van der Waals surface area contributed by atoms with Crippen molar-refractivity contribution in [1.82, 2.24) is 4.41 Å². The third-order valence-corrected chi connectivity index (χ3v) is 7.10. The van der Waals surface area contributed by atoms with E-state index in [1.165, 1.54) is 30.3 Å². The molecule has 2 aromatic rings. The lowest BCUT2D eigenvalue weighted by Crippen LogP contribution is -2.43. The Hall–Kier alpha value is -1.79. The first-order valence-corrected chi connectivity index (χ1v) is 11.2. The number of amides is 1. The van der Waals surface area contributed by atoms with E-state index in [1.54, 1.807) is 0 Å². The summed E-state index contributed by atoms with van der Waals surface area (Å²) in [7, 11) is -8.49. The normalized spacial score (nSPS) is 12.0. The van der Waals surface area contributed by atoms with E-state index < -0.39 is 35.6 Å². The van der Waals surface area contributed by atoms with Crippen LogP contribution in [0.3, 0.4) is 0 Å². The van der Waals surface area contributed by atoms with Crippen LogP contribution in [0.15, 0.2) is 56.7 Å². The summed E-state index contributed by atoms with van der Waals surface area (Å²) in [5, 5.41) is 9.26. The van der Waals surface area contributed by atoms with Crippen molar-refractivity contribution >= 4 is 41.7 Å². The van der Waals surface area contributed by atoms with Gasteiger partial charge in [0, 0.05) is 16.3 Å². The number of aliphatic hydroxyl groups is 1. The van der Waals surface area contributed by atoms with Crippen LogP contribution in [0, 0.1) is 0 Å². The fourth-order valence-corrected chi connectivity index (χ4v) is 5.15. The molecule has 3 N–H and O–H groups in total. The molecule has 0 atom stereocenters. The van der Waals surface area contributed by atoms with Crippen molar-refractivity contribution in [3.63, 3.8) is 0 Å². The molecular formula is C15H15BrN2O6S2. The van der Waals surface area contributed by atoms with Crippen LogP contribution in [0.1, 0.15) is 15.9 Å². The van der Waals surface area contributed by atoms with Gasteiger partial charge in [0.1, 0.15) is 4.90 Å². The monoisotopic (exact) mass is 462 g/mol. The average molecular weight is 463 g/mol. The summed E-state index contributed by atoms with van der Waals surface area (Å²) in [6, 6.07) is 8.92. The molecule has 0 fully saturated rings. The molecule has 0 unspecified atom stereocenters. The molecule has 0 saturated heterocycles. The second kappa shape index (κ2) is 7.45. The van der Waals surface area contributed by atoms with Crippen LogP contribution >= 0.6 is 15.9 Å². The van der Waals surface area contributed by atoms with E-state index in [1.807, 2.05) is 0 Å². The molecular weight excluding hydrogens is 448 g/mol. The Morgan fingerprint density at radius 2 is 1.69 bits per heavy atom. The van der Waals surface area contributed by atoms with Gasteiger partial charge in [-0.05, 0) is 35.9 Å². The highest BCUT2D eigenvalue weighted by Gasteiger charge is 2.32. The molecule has 2 aromatic carbocycles. The van der Waals surface area contributed by atoms with Crippen molar-refractivity contribution in [2.24, 2.45) is 5.84 Å². The molecule has 140 valence electrons. The van der Waals surface area contributed by atoms with Crippen molar-refractivity contribution in [3.05, 3.63) is 58.1 Å². The number of hydrogen-bond donors (Lipinski definition) is 2. The summed E-state index contributed by atoms with van der Waals surface area (Å²) in [5.74, 6) is 4.45. The molecule has 0 aromatic heterocycles. The zero-order chi connectivity index (χ0) is 19.7. The summed E-state index contributed by atoms with van der Waals surface area (Å²) in [6.07, 6.45) is 0.853. The molecule has 1 amide bonds. The summed E-state index contributed by atoms with van der Waals surface area (Å²) in [5.41, 5.74) is 0.276. The van der Waals surface area contributed by atoms with Gasteiger partial charge < -0.3 is 5.11 Å². The van der Waals surface area contributed by atoms with Crippen LogP contribution in [0.25, 0.3) is 0 Å². The van der Waals surface area contributed by atoms with Gasteiger partial charge in [0.15, 0.2) is 9.84 Å². The number of sulfone groups is 1. The minimum Gasteiger partial charge on any atom is -0.392 e. The van der Waals surface area contributed by atoms with Crippen LogP contribution in [-0.4, -0.2) is 38.5 Å². The zero-order valence-electron chi connectivity index (χ0n) is 13.5. The number of benzene rings is 2. The van der Waals surface area contributed by atoms with Gasteiger partial charge in [-0.2, -0.15) is 12.8 Å². The number of halogens is 1. The molecule has 2 rings (SSSR count). The van der Waals surface area contributed by atoms with Crippen LogP contribution in [0.5, 0.6) is 0 Å². The predicted molar refractivity (Wildman–Crippen MR) is 97.2 cm³/mol. The minimum atomic E-state index is -4.62. The average Bonchev–Trinajstić information content (AvgIpc) is 2.60. The number of hydrogen-bond acceptors (Lipinski definition) is 7. The molecule has 0 saturated carbocycles. The molecule has 0 radical (unpaired) electrons. The first-order valence-electron chi connectivity index (χ1n) is 7.03. The molecule has 26 heavy (non-hydrogen) atoms. The Morgan fingerprint density at radius 3 is 2.23 bits per heavy atom. The highest BCUT2D eigenvalue weighted by molar-refractivity contribution is 9.10. The lowest BCUT2D eigenvalue weighted by Gasteiger charge is -2.19. The quantitative estimate of drug-likeness (QED) is 0.385. The van der Waals surface area contributed by atoms with E-state index in [2.05, 4.69) is 15.9 Å². The summed E-state index contributed by atoms with van der Waals surface area (Å²) in [6.45, 7) is -0.379. The number of aliphatic hydroxyl groups excluding tert-OH is 1. The molecule has 0 spiro atoms. The van der Waals surface area contributed by atoms with Gasteiger partial charge in [-0.3, -0.25) is 4.79 Å². The van der Waals surface area contributed by atoms with Crippen molar-refractivity contribution < 1.29 is 26.7 Å². The molecule has 8 nitrogen and oxygen atoms in total. The Balaban J connectivity index is 2.53. The molecule has 0 heterocycles. The zero-order valence-corrected chi connectivity index (χ0v) is 16.7. The molecule has 0 aliphatic heterocycles. The molecule has 0 aliphatic carbocycles. The molecule has 0 bridgehead atoms. The fraction of sp³-hybridized carbons (Fsp3) is 0.133. The Bertz CT molecular complexity index is 1070. The van der Waals surface area contributed by atoms with E-state index in [0.717, 1.165) is 18.4 Å². The van der Waals surface area contributed by atoms with E-state index in [9.17, 15) is 26.7 Å². The summed E-state index contributed by atoms with van der Waals surface area (Å²) >= 11 is 3.18. The van der Waals surface area contributed by atoms with Crippen molar-refractivity contribution in [3.8, 4) is 0 Å². The fourth-order valence-electron chi connectivity index (χ4n) is 2.14. The summed E-state index contributed by atoms with van der Waals surface area (Å²) < 4.78 is 49.6. The third kappa shape index (κ3) is 3.96. The number of rotatable bonds is 5. The van der Waals surface area contributed by atoms with Crippen LogP contribution in [0.4, 0.5) is 0 Å². The van der Waals surface area contributed by atoms with Crippen LogP contribution in [0.2, 0.25) is 0 Å². The minimum absolute atomic E-state index is 0.0125. The molecule has 11 heteroatoms. The summed E-state index contributed by atoms with van der Waals surface area (Å²) in [4.78, 5) is 11.4. The number of carbonyl (C=O) groups is 1. The molecule has 0 aliphatic rings. The van der Waals surface area contributed by atoms with Crippen molar-refractivity contribution in [2.75, 3.05) is 6.26 Å². The SMILES string of the molecule is CS(=O)(=O)c1ccccc1S(=O)(=O)N(N)C(=O)c1ccc(Br)c(CO)c1. The van der Waals surface area contributed by atoms with Crippen molar-refractivity contribution in [1.29, 1.82) is 0 Å². The largest absolute Gasteiger partial charge is 0.392 e. The first-order chi connectivity index (χ1) is 12.0. The van der Waals surface area contributed by atoms with Gasteiger partial charge in [0.25, 0.3) is 15.9 Å². The number of nitrogens with two attached hydrogens (primary N) is 1. The van der Waals surface area contributed by atoms with Crippen LogP contribution < -0.4 is 5.84 Å². The van der Waals surface area contributed by atoms with Gasteiger partial charge in [-0.1, -0.05) is 28.1 Å². The number of nitrogens with zero attached hydrogens (tertiary/aromatic N) is 1. The maximum Gasteiger partial charge on any atom is 0.282 e. The predicted octanol–water partition coefficient (Wildman–Crippen LogP) is 1.05. The Kier molecular flexibility index (Phi) is 5.88. The van der Waals surface area contributed by atoms with E-state index in [4.69, 9.17) is 5.84 Å². The maximum atomic E-state index is 12.7. The number of sulfonamides is 1. The second-order valence-corrected chi connectivity index (χ2v) is 9.91.